The van der Waals surface area contributed by atoms with Crippen molar-refractivity contribution in [1.29, 1.82) is 0 Å². The Bertz CT molecular complexity index is 719. The van der Waals surface area contributed by atoms with E-state index >= 15 is 0 Å². The van der Waals surface area contributed by atoms with E-state index in [2.05, 4.69) is 0 Å². The van der Waals surface area contributed by atoms with Gasteiger partial charge >= 0.3 is 11.9 Å². The van der Waals surface area contributed by atoms with Crippen molar-refractivity contribution in [3.63, 3.8) is 0 Å². The maximum Gasteiger partial charge on any atom is 0.340 e. The summed E-state index contributed by atoms with van der Waals surface area (Å²) in [6.07, 6.45) is -3.42. The quantitative estimate of drug-likeness (QED) is 0.780. The second-order valence-corrected chi connectivity index (χ2v) is 5.61. The van der Waals surface area contributed by atoms with Crippen LogP contribution >= 0.6 is 0 Å². The number of carbonyl (C=O) groups excluding carboxylic acids is 2. The lowest BCUT2D eigenvalue weighted by atomic mass is 10.2. The maximum atomic E-state index is 14.0. The molecule has 3 atom stereocenters. The fourth-order valence-corrected chi connectivity index (χ4v) is 2.48. The van der Waals surface area contributed by atoms with E-state index < -0.39 is 30.5 Å². The summed E-state index contributed by atoms with van der Waals surface area (Å²) in [5.41, 5.74) is 0.724. The number of esters is 2. The summed E-state index contributed by atoms with van der Waals surface area (Å²) < 4.78 is 29.6. The van der Waals surface area contributed by atoms with Crippen molar-refractivity contribution in [2.24, 2.45) is 0 Å². The molecule has 0 N–H and O–H groups in total. The Labute approximate surface area is 144 Å². The van der Waals surface area contributed by atoms with Crippen LogP contribution in [-0.4, -0.2) is 37.1 Å². The minimum absolute atomic E-state index is 0.00515. The molecule has 25 heavy (non-hydrogen) atoms. The van der Waals surface area contributed by atoms with Crippen LogP contribution in [0.25, 0.3) is 0 Å². The SMILES string of the molecule is O=C(OC[C@H]1C[C@@H](F)[C@H](OC(=O)c2ccccc2)O1)c1ccccc1. The van der Waals surface area contributed by atoms with E-state index in [9.17, 15) is 14.0 Å². The van der Waals surface area contributed by atoms with Crippen LogP contribution in [0.2, 0.25) is 0 Å². The van der Waals surface area contributed by atoms with Crippen LogP contribution in [0.3, 0.4) is 0 Å². The van der Waals surface area contributed by atoms with Gasteiger partial charge in [0, 0.05) is 6.42 Å². The first kappa shape index (κ1) is 17.1. The lowest BCUT2D eigenvalue weighted by Gasteiger charge is -2.15. The van der Waals surface area contributed by atoms with Gasteiger partial charge in [-0.3, -0.25) is 0 Å². The molecule has 0 bridgehead atoms. The Hall–Kier alpha value is -2.73. The number of ether oxygens (including phenoxy) is 3. The van der Waals surface area contributed by atoms with Crippen LogP contribution in [0.1, 0.15) is 27.1 Å². The largest absolute Gasteiger partial charge is 0.459 e. The minimum atomic E-state index is -1.46. The molecule has 0 amide bonds. The Morgan fingerprint density at radius 2 is 1.52 bits per heavy atom. The van der Waals surface area contributed by atoms with Gasteiger partial charge in [-0.15, -0.1) is 0 Å². The van der Waals surface area contributed by atoms with E-state index in [-0.39, 0.29) is 13.0 Å². The molecule has 6 heteroatoms. The van der Waals surface area contributed by atoms with Gasteiger partial charge < -0.3 is 14.2 Å². The van der Waals surface area contributed by atoms with Gasteiger partial charge in [-0.05, 0) is 24.3 Å². The van der Waals surface area contributed by atoms with Gasteiger partial charge in [-0.2, -0.15) is 0 Å². The number of carbonyl (C=O) groups is 2. The second kappa shape index (κ2) is 7.90. The first-order chi connectivity index (χ1) is 12.1. The zero-order valence-corrected chi connectivity index (χ0v) is 13.3. The lowest BCUT2D eigenvalue weighted by Crippen LogP contribution is -2.25. The third-order valence-corrected chi connectivity index (χ3v) is 3.75. The fraction of sp³-hybridized carbons (Fsp3) is 0.263. The van der Waals surface area contributed by atoms with Gasteiger partial charge in [0.15, 0.2) is 6.17 Å². The molecule has 0 saturated carbocycles. The summed E-state index contributed by atoms with van der Waals surface area (Å²) in [5, 5.41) is 0. The minimum Gasteiger partial charge on any atom is -0.459 e. The van der Waals surface area contributed by atoms with Crippen molar-refractivity contribution >= 4 is 11.9 Å². The van der Waals surface area contributed by atoms with Crippen molar-refractivity contribution in [2.75, 3.05) is 6.61 Å². The third kappa shape index (κ3) is 4.42. The highest BCUT2D eigenvalue weighted by Gasteiger charge is 2.39. The fourth-order valence-electron chi connectivity index (χ4n) is 2.48. The van der Waals surface area contributed by atoms with E-state index in [1.807, 2.05) is 0 Å². The van der Waals surface area contributed by atoms with Crippen molar-refractivity contribution in [3.8, 4) is 0 Å². The zero-order valence-electron chi connectivity index (χ0n) is 13.3. The van der Waals surface area contributed by atoms with Crippen LogP contribution in [0, 0.1) is 0 Å². The monoisotopic (exact) mass is 344 g/mol. The molecule has 1 aliphatic rings. The van der Waals surface area contributed by atoms with Crippen LogP contribution in [0.15, 0.2) is 60.7 Å². The van der Waals surface area contributed by atoms with Gasteiger partial charge in [0.25, 0.3) is 0 Å². The molecule has 0 unspecified atom stereocenters. The average molecular weight is 344 g/mol. The van der Waals surface area contributed by atoms with Crippen LogP contribution < -0.4 is 0 Å². The summed E-state index contributed by atoms with van der Waals surface area (Å²) in [5.74, 6) is -1.17. The van der Waals surface area contributed by atoms with Gasteiger partial charge in [0.1, 0.15) is 6.61 Å². The van der Waals surface area contributed by atoms with Crippen molar-refractivity contribution in [3.05, 3.63) is 71.8 Å². The van der Waals surface area contributed by atoms with E-state index in [0.29, 0.717) is 11.1 Å². The van der Waals surface area contributed by atoms with Gasteiger partial charge in [-0.25, -0.2) is 14.0 Å². The molecule has 1 saturated heterocycles. The van der Waals surface area contributed by atoms with Gasteiger partial charge in [-0.1, -0.05) is 36.4 Å². The number of hydrogen-bond donors (Lipinski definition) is 0. The number of rotatable bonds is 5. The summed E-state index contributed by atoms with van der Waals surface area (Å²) in [6, 6.07) is 16.8. The predicted octanol–water partition coefficient (Wildman–Crippen LogP) is 3.15. The smallest absolute Gasteiger partial charge is 0.340 e. The molecular weight excluding hydrogens is 327 g/mol. The average Bonchev–Trinajstić information content (AvgIpc) is 3.00. The van der Waals surface area contributed by atoms with Gasteiger partial charge in [0.2, 0.25) is 6.29 Å². The molecule has 0 spiro atoms. The Kier molecular flexibility index (Phi) is 5.40. The molecule has 0 aromatic heterocycles. The number of benzene rings is 2. The molecule has 3 rings (SSSR count). The summed E-state index contributed by atoms with van der Waals surface area (Å²) in [6.45, 7) is -0.104. The first-order valence-corrected chi connectivity index (χ1v) is 7.91. The van der Waals surface area contributed by atoms with Crippen molar-refractivity contribution in [1.82, 2.24) is 0 Å². The first-order valence-electron chi connectivity index (χ1n) is 7.91. The van der Waals surface area contributed by atoms with Gasteiger partial charge in [0.05, 0.1) is 17.2 Å². The third-order valence-electron chi connectivity index (χ3n) is 3.75. The molecule has 2 aromatic carbocycles. The molecule has 0 radical (unpaired) electrons. The summed E-state index contributed by atoms with van der Waals surface area (Å²) in [7, 11) is 0. The zero-order chi connectivity index (χ0) is 17.6. The van der Waals surface area contributed by atoms with E-state index in [0.717, 1.165) is 0 Å². The summed E-state index contributed by atoms with van der Waals surface area (Å²) >= 11 is 0. The molecule has 1 aliphatic heterocycles. The van der Waals surface area contributed by atoms with E-state index in [1.54, 1.807) is 60.7 Å². The summed E-state index contributed by atoms with van der Waals surface area (Å²) in [4.78, 5) is 23.8. The highest BCUT2D eigenvalue weighted by atomic mass is 19.1. The highest BCUT2D eigenvalue weighted by Crippen LogP contribution is 2.25. The second-order valence-electron chi connectivity index (χ2n) is 5.61. The van der Waals surface area contributed by atoms with Crippen molar-refractivity contribution in [2.45, 2.75) is 25.0 Å². The Morgan fingerprint density at radius 1 is 0.960 bits per heavy atom. The number of hydrogen-bond acceptors (Lipinski definition) is 5. The molecule has 0 aliphatic carbocycles. The molecule has 130 valence electrons. The maximum absolute atomic E-state index is 14.0. The lowest BCUT2D eigenvalue weighted by molar-refractivity contribution is -0.128. The number of halogens is 1. The molecular formula is C19H17FO5. The Balaban J connectivity index is 1.50. The van der Waals surface area contributed by atoms with Crippen LogP contribution in [0.4, 0.5) is 4.39 Å². The molecule has 1 fully saturated rings. The molecule has 1 heterocycles. The van der Waals surface area contributed by atoms with E-state index in [4.69, 9.17) is 14.2 Å². The standard InChI is InChI=1S/C19H17FO5/c20-16-11-15(12-23-17(21)13-7-3-1-4-8-13)24-19(16)25-18(22)14-9-5-2-6-10-14/h1-10,15-16,19H,11-12H2/t15-,16-,19+/m1/s1. The van der Waals surface area contributed by atoms with Crippen molar-refractivity contribution < 1.29 is 28.2 Å². The number of alkyl halides is 1. The highest BCUT2D eigenvalue weighted by molar-refractivity contribution is 5.89. The van der Waals surface area contributed by atoms with Crippen LogP contribution in [-0.2, 0) is 14.2 Å². The molecule has 2 aromatic rings. The van der Waals surface area contributed by atoms with Crippen LogP contribution in [0.5, 0.6) is 0 Å². The normalized spacial score (nSPS) is 22.4. The predicted molar refractivity (Wildman–Crippen MR) is 86.8 cm³/mol. The molecule has 5 nitrogen and oxygen atoms in total. The van der Waals surface area contributed by atoms with E-state index in [1.165, 1.54) is 0 Å². The topological polar surface area (TPSA) is 61.8 Å². The Morgan fingerprint density at radius 3 is 2.12 bits per heavy atom.